The number of methoxy groups -OCH3 is 1. The monoisotopic (exact) mass is 362 g/mol. The first-order valence-electron chi connectivity index (χ1n) is 9.17. The van der Waals surface area contributed by atoms with E-state index in [2.05, 4.69) is 15.5 Å². The van der Waals surface area contributed by atoms with E-state index in [1.807, 2.05) is 13.0 Å². The van der Waals surface area contributed by atoms with Crippen molar-refractivity contribution in [3.63, 3.8) is 0 Å². The molecule has 7 nitrogen and oxygen atoms in total. The van der Waals surface area contributed by atoms with Gasteiger partial charge in [0.1, 0.15) is 0 Å². The number of hydrogen-bond donors (Lipinski definition) is 3. The van der Waals surface area contributed by atoms with Gasteiger partial charge in [-0.15, -0.1) is 0 Å². The quantitative estimate of drug-likeness (QED) is 0.530. The summed E-state index contributed by atoms with van der Waals surface area (Å²) in [4.78, 5) is 18.5. The molecule has 1 fully saturated rings. The van der Waals surface area contributed by atoms with Crippen molar-refractivity contribution in [2.24, 2.45) is 10.9 Å². The second kappa shape index (κ2) is 9.89. The van der Waals surface area contributed by atoms with Gasteiger partial charge in [-0.3, -0.25) is 4.79 Å². The van der Waals surface area contributed by atoms with Crippen molar-refractivity contribution in [1.82, 2.24) is 15.5 Å². The van der Waals surface area contributed by atoms with Gasteiger partial charge in [0.25, 0.3) is 0 Å². The topological polar surface area (TPSA) is 86.2 Å². The summed E-state index contributed by atoms with van der Waals surface area (Å²) in [6, 6.07) is 5.33. The molecular formula is C19H30N4O3. The molecule has 0 spiro atoms. The van der Waals surface area contributed by atoms with E-state index in [1.165, 1.54) is 7.11 Å². The van der Waals surface area contributed by atoms with Gasteiger partial charge in [0, 0.05) is 33.1 Å². The van der Waals surface area contributed by atoms with E-state index in [1.54, 1.807) is 19.2 Å². The van der Waals surface area contributed by atoms with Gasteiger partial charge in [-0.05, 0) is 43.4 Å². The molecule has 1 amide bonds. The standard InChI is InChI=1S/C19H30N4O3/c1-4-21-19(22-13-15-5-6-17(26-3)16(24)11-15)23-9-7-14(8-10-23)12-18(25)20-2/h5-6,11,14,24H,4,7-10,12-13H2,1-3H3,(H,20,25)(H,21,22). The first-order chi connectivity index (χ1) is 12.6. The van der Waals surface area contributed by atoms with Gasteiger partial charge in [-0.1, -0.05) is 6.07 Å². The molecule has 1 aliphatic heterocycles. The maximum absolute atomic E-state index is 11.5. The number of benzene rings is 1. The summed E-state index contributed by atoms with van der Waals surface area (Å²) in [5.74, 6) is 2.01. The molecule has 3 N–H and O–H groups in total. The fourth-order valence-electron chi connectivity index (χ4n) is 3.14. The third kappa shape index (κ3) is 5.54. The van der Waals surface area contributed by atoms with Crippen LogP contribution in [0.5, 0.6) is 11.5 Å². The van der Waals surface area contributed by atoms with Crippen LogP contribution < -0.4 is 15.4 Å². The van der Waals surface area contributed by atoms with Crippen molar-refractivity contribution in [1.29, 1.82) is 0 Å². The molecule has 1 aliphatic rings. The number of guanidine groups is 1. The van der Waals surface area contributed by atoms with Crippen molar-refractivity contribution in [3.8, 4) is 11.5 Å². The number of carbonyl (C=O) groups is 1. The maximum Gasteiger partial charge on any atom is 0.220 e. The minimum absolute atomic E-state index is 0.114. The third-order valence-electron chi connectivity index (χ3n) is 4.66. The summed E-state index contributed by atoms with van der Waals surface area (Å²) in [7, 11) is 3.22. The average Bonchev–Trinajstić information content (AvgIpc) is 2.66. The SMILES string of the molecule is CCNC(=NCc1ccc(OC)c(O)c1)N1CCC(CC(=O)NC)CC1. The summed E-state index contributed by atoms with van der Waals surface area (Å²) >= 11 is 0. The Bertz CT molecular complexity index is 625. The van der Waals surface area contributed by atoms with Gasteiger partial charge in [0.2, 0.25) is 5.91 Å². The predicted molar refractivity (Wildman–Crippen MR) is 102 cm³/mol. The van der Waals surface area contributed by atoms with Crippen LogP contribution in [0.2, 0.25) is 0 Å². The highest BCUT2D eigenvalue weighted by molar-refractivity contribution is 5.80. The molecule has 0 radical (unpaired) electrons. The van der Waals surface area contributed by atoms with Crippen molar-refractivity contribution in [2.75, 3.05) is 33.8 Å². The van der Waals surface area contributed by atoms with E-state index < -0.39 is 0 Å². The Labute approximate surface area is 155 Å². The molecule has 1 aromatic rings. The molecule has 1 aromatic carbocycles. The number of piperidine rings is 1. The third-order valence-corrected chi connectivity index (χ3v) is 4.66. The normalized spacial score (nSPS) is 15.7. The molecular weight excluding hydrogens is 332 g/mol. The van der Waals surface area contributed by atoms with E-state index in [4.69, 9.17) is 9.73 Å². The Morgan fingerprint density at radius 3 is 2.69 bits per heavy atom. The summed E-state index contributed by atoms with van der Waals surface area (Å²) in [5.41, 5.74) is 0.924. The fourth-order valence-corrected chi connectivity index (χ4v) is 3.14. The lowest BCUT2D eigenvalue weighted by Crippen LogP contribution is -2.46. The van der Waals surface area contributed by atoms with Gasteiger partial charge in [-0.2, -0.15) is 0 Å². The smallest absolute Gasteiger partial charge is 0.220 e. The lowest BCUT2D eigenvalue weighted by atomic mass is 9.93. The van der Waals surface area contributed by atoms with Crippen LogP contribution >= 0.6 is 0 Å². The molecule has 2 rings (SSSR count). The highest BCUT2D eigenvalue weighted by Crippen LogP contribution is 2.26. The number of nitrogens with zero attached hydrogens (tertiary/aromatic N) is 2. The number of aromatic hydroxyl groups is 1. The number of rotatable bonds is 6. The molecule has 1 saturated heterocycles. The minimum Gasteiger partial charge on any atom is -0.504 e. The van der Waals surface area contributed by atoms with Crippen LogP contribution in [0.15, 0.2) is 23.2 Å². The molecule has 26 heavy (non-hydrogen) atoms. The van der Waals surface area contributed by atoms with Crippen molar-refractivity contribution in [2.45, 2.75) is 32.7 Å². The Morgan fingerprint density at radius 1 is 1.38 bits per heavy atom. The fraction of sp³-hybridized carbons (Fsp3) is 0.579. The Morgan fingerprint density at radius 2 is 2.12 bits per heavy atom. The largest absolute Gasteiger partial charge is 0.504 e. The van der Waals surface area contributed by atoms with Crippen LogP contribution in [0, 0.1) is 5.92 Å². The summed E-state index contributed by atoms with van der Waals surface area (Å²) in [5, 5.41) is 15.9. The number of hydrogen-bond acceptors (Lipinski definition) is 4. The zero-order chi connectivity index (χ0) is 18.9. The van der Waals surface area contributed by atoms with E-state index in [-0.39, 0.29) is 11.7 Å². The number of carbonyl (C=O) groups excluding carboxylic acids is 1. The molecule has 0 atom stereocenters. The Balaban J connectivity index is 1.96. The second-order valence-corrected chi connectivity index (χ2v) is 6.48. The van der Waals surface area contributed by atoms with E-state index in [9.17, 15) is 9.90 Å². The van der Waals surface area contributed by atoms with E-state index >= 15 is 0 Å². The molecule has 144 valence electrons. The first-order valence-corrected chi connectivity index (χ1v) is 9.17. The van der Waals surface area contributed by atoms with Gasteiger partial charge in [-0.25, -0.2) is 4.99 Å². The molecule has 7 heteroatoms. The van der Waals surface area contributed by atoms with Gasteiger partial charge >= 0.3 is 0 Å². The molecule has 0 unspecified atom stereocenters. The van der Waals surface area contributed by atoms with E-state index in [0.29, 0.717) is 24.6 Å². The molecule has 0 bridgehead atoms. The molecule has 1 heterocycles. The number of amides is 1. The number of likely N-dealkylation sites (tertiary alicyclic amines) is 1. The zero-order valence-electron chi connectivity index (χ0n) is 15.9. The van der Waals surface area contributed by atoms with Gasteiger partial charge in [0.15, 0.2) is 17.5 Å². The number of phenolic OH excluding ortho intramolecular Hbond substituents is 1. The van der Waals surface area contributed by atoms with Crippen LogP contribution in [-0.4, -0.2) is 55.7 Å². The average molecular weight is 362 g/mol. The predicted octanol–water partition coefficient (Wildman–Crippen LogP) is 1.71. The number of phenols is 1. The zero-order valence-corrected chi connectivity index (χ0v) is 15.9. The number of nitrogens with one attached hydrogen (secondary N) is 2. The molecule has 0 aliphatic carbocycles. The highest BCUT2D eigenvalue weighted by Gasteiger charge is 2.23. The van der Waals surface area contributed by atoms with Gasteiger partial charge < -0.3 is 25.4 Å². The van der Waals surface area contributed by atoms with Crippen molar-refractivity contribution in [3.05, 3.63) is 23.8 Å². The molecule has 0 saturated carbocycles. The van der Waals surface area contributed by atoms with Crippen molar-refractivity contribution >= 4 is 11.9 Å². The van der Waals surface area contributed by atoms with Crippen LogP contribution in [-0.2, 0) is 11.3 Å². The van der Waals surface area contributed by atoms with E-state index in [0.717, 1.165) is 44.0 Å². The number of aliphatic imine (C=N–C) groups is 1. The second-order valence-electron chi connectivity index (χ2n) is 6.48. The highest BCUT2D eigenvalue weighted by atomic mass is 16.5. The van der Waals surface area contributed by atoms with Crippen LogP contribution in [0.4, 0.5) is 0 Å². The lowest BCUT2D eigenvalue weighted by molar-refractivity contribution is -0.121. The summed E-state index contributed by atoms with van der Waals surface area (Å²) in [6.07, 6.45) is 2.57. The van der Waals surface area contributed by atoms with Crippen LogP contribution in [0.1, 0.15) is 31.7 Å². The Hall–Kier alpha value is -2.44. The molecule has 0 aromatic heterocycles. The lowest BCUT2D eigenvalue weighted by Gasteiger charge is -2.34. The maximum atomic E-state index is 11.5. The van der Waals surface area contributed by atoms with Gasteiger partial charge in [0.05, 0.1) is 13.7 Å². The Kier molecular flexibility index (Phi) is 7.56. The summed E-state index contributed by atoms with van der Waals surface area (Å²) in [6.45, 7) is 5.11. The first kappa shape index (κ1) is 19.9. The van der Waals surface area contributed by atoms with Crippen LogP contribution in [0.3, 0.4) is 0 Å². The van der Waals surface area contributed by atoms with Crippen LogP contribution in [0.25, 0.3) is 0 Å². The number of ether oxygens (including phenoxy) is 1. The van der Waals surface area contributed by atoms with Crippen molar-refractivity contribution < 1.29 is 14.6 Å². The minimum atomic E-state index is 0.114. The summed E-state index contributed by atoms with van der Waals surface area (Å²) < 4.78 is 5.07.